The van der Waals surface area contributed by atoms with Gasteiger partial charge in [0.2, 0.25) is 21.8 Å². The molecule has 0 unspecified atom stereocenters. The zero-order chi connectivity index (χ0) is 27.6. The highest BCUT2D eigenvalue weighted by Crippen LogP contribution is 2.24. The largest absolute Gasteiger partial charge is 0.497 e. The van der Waals surface area contributed by atoms with Crippen molar-refractivity contribution >= 4 is 27.5 Å². The number of hydrogen-bond acceptors (Lipinski definition) is 6. The van der Waals surface area contributed by atoms with Gasteiger partial charge >= 0.3 is 0 Å². The molecule has 2 aromatic carbocycles. The van der Waals surface area contributed by atoms with Crippen molar-refractivity contribution in [2.45, 2.75) is 58.7 Å². The van der Waals surface area contributed by atoms with Gasteiger partial charge in [-0.3, -0.25) is 13.9 Å². The smallest absolute Gasteiger partial charge is 0.242 e. The first kappa shape index (κ1) is 30.0. The minimum Gasteiger partial charge on any atom is -0.497 e. The molecule has 2 aromatic rings. The first-order valence-corrected chi connectivity index (χ1v) is 14.2. The molecule has 9 nitrogen and oxygen atoms in total. The van der Waals surface area contributed by atoms with Crippen LogP contribution in [0.3, 0.4) is 0 Å². The Morgan fingerprint density at radius 3 is 2.22 bits per heavy atom. The van der Waals surface area contributed by atoms with E-state index in [4.69, 9.17) is 9.47 Å². The predicted molar refractivity (Wildman–Crippen MR) is 145 cm³/mol. The number of amides is 2. The maximum atomic E-state index is 13.4. The van der Waals surface area contributed by atoms with Gasteiger partial charge in [-0.15, -0.1) is 0 Å². The normalized spacial score (nSPS) is 12.8. The third-order valence-corrected chi connectivity index (χ3v) is 7.34. The van der Waals surface area contributed by atoms with Gasteiger partial charge in [0, 0.05) is 31.6 Å². The summed E-state index contributed by atoms with van der Waals surface area (Å²) in [7, 11) is -0.507. The topological polar surface area (TPSA) is 105 Å². The van der Waals surface area contributed by atoms with Crippen LogP contribution in [0, 0.1) is 0 Å². The molecule has 1 N–H and O–H groups in total. The van der Waals surface area contributed by atoms with Crippen molar-refractivity contribution in [3.05, 3.63) is 54.1 Å². The van der Waals surface area contributed by atoms with Gasteiger partial charge in [0.1, 0.15) is 17.5 Å². The van der Waals surface area contributed by atoms with Crippen LogP contribution in [-0.4, -0.2) is 64.2 Å². The fraction of sp³-hybridized carbons (Fsp3) is 0.481. The molecule has 0 radical (unpaired) electrons. The number of benzene rings is 2. The molecule has 2 rings (SSSR count). The molecule has 0 aliphatic carbocycles. The average Bonchev–Trinajstić information content (AvgIpc) is 2.88. The summed E-state index contributed by atoms with van der Waals surface area (Å²) in [5, 5.41) is 2.94. The lowest BCUT2D eigenvalue weighted by Crippen LogP contribution is -2.49. The van der Waals surface area contributed by atoms with Crippen molar-refractivity contribution in [1.29, 1.82) is 0 Å². The molecule has 0 heterocycles. The lowest BCUT2D eigenvalue weighted by atomic mass is 10.1. The van der Waals surface area contributed by atoms with Gasteiger partial charge in [-0.25, -0.2) is 8.42 Å². The summed E-state index contributed by atoms with van der Waals surface area (Å²) >= 11 is 0. The van der Waals surface area contributed by atoms with Crippen LogP contribution < -0.4 is 19.1 Å². The molecule has 0 aliphatic heterocycles. The number of carbonyl (C=O) groups excluding carboxylic acids is 2. The van der Waals surface area contributed by atoms with Crippen LogP contribution in [0.2, 0.25) is 0 Å². The van der Waals surface area contributed by atoms with Crippen LogP contribution >= 0.6 is 0 Å². The van der Waals surface area contributed by atoms with Gasteiger partial charge in [-0.1, -0.05) is 25.1 Å². The van der Waals surface area contributed by atoms with Crippen LogP contribution in [-0.2, 0) is 26.2 Å². The summed E-state index contributed by atoms with van der Waals surface area (Å²) in [6, 6.07) is 13.4. The van der Waals surface area contributed by atoms with E-state index in [2.05, 4.69) is 5.32 Å². The highest BCUT2D eigenvalue weighted by Gasteiger charge is 2.27. The summed E-state index contributed by atoms with van der Waals surface area (Å²) in [5.74, 6) is 0.713. The van der Waals surface area contributed by atoms with E-state index in [1.54, 1.807) is 38.3 Å². The fourth-order valence-corrected chi connectivity index (χ4v) is 4.74. The summed E-state index contributed by atoms with van der Waals surface area (Å²) in [4.78, 5) is 27.8. The van der Waals surface area contributed by atoms with E-state index in [0.29, 0.717) is 17.2 Å². The number of hydrogen-bond donors (Lipinski definition) is 1. The highest BCUT2D eigenvalue weighted by atomic mass is 32.2. The maximum Gasteiger partial charge on any atom is 0.242 e. The predicted octanol–water partition coefficient (Wildman–Crippen LogP) is 3.58. The number of carbonyl (C=O) groups is 2. The number of nitrogens with zero attached hydrogens (tertiary/aromatic N) is 2. The van der Waals surface area contributed by atoms with E-state index in [9.17, 15) is 18.0 Å². The monoisotopic (exact) mass is 533 g/mol. The lowest BCUT2D eigenvalue weighted by molar-refractivity contribution is -0.140. The molecule has 0 aromatic heterocycles. The SMILES string of the molecule is CC[C@@H](C)NC(=O)[C@H](C)N(Cc1cccc(OC)c1)C(=O)CCCN(c1cccc(OC)c1)S(C)(=O)=O. The van der Waals surface area contributed by atoms with Crippen LogP contribution in [0.1, 0.15) is 45.6 Å². The zero-order valence-electron chi connectivity index (χ0n) is 22.6. The number of nitrogens with one attached hydrogen (secondary N) is 1. The van der Waals surface area contributed by atoms with Crippen molar-refractivity contribution < 1.29 is 27.5 Å². The van der Waals surface area contributed by atoms with E-state index in [1.165, 1.54) is 16.3 Å². The van der Waals surface area contributed by atoms with Crippen LogP contribution in [0.25, 0.3) is 0 Å². The Morgan fingerprint density at radius 2 is 1.62 bits per heavy atom. The third-order valence-electron chi connectivity index (χ3n) is 6.15. The van der Waals surface area contributed by atoms with Crippen molar-refractivity contribution in [3.63, 3.8) is 0 Å². The Balaban J connectivity index is 2.20. The fourth-order valence-electron chi connectivity index (χ4n) is 3.79. The van der Waals surface area contributed by atoms with Gasteiger partial charge < -0.3 is 19.7 Å². The summed E-state index contributed by atoms with van der Waals surface area (Å²) < 4.78 is 36.8. The van der Waals surface area contributed by atoms with E-state index >= 15 is 0 Å². The third kappa shape index (κ3) is 8.96. The molecule has 0 bridgehead atoms. The Kier molecular flexibility index (Phi) is 11.2. The van der Waals surface area contributed by atoms with E-state index in [0.717, 1.165) is 18.2 Å². The summed E-state index contributed by atoms with van der Waals surface area (Å²) in [6.07, 6.45) is 2.25. The second-order valence-corrected chi connectivity index (χ2v) is 10.9. The standard InChI is InChI=1S/C27H39N3O6S/c1-7-20(2)28-27(32)21(3)29(19-22-11-8-13-24(17-22)35-4)26(31)15-10-16-30(37(6,33)34)23-12-9-14-25(18-23)36-5/h8-9,11-14,17-18,20-21H,7,10,15-16,19H2,1-6H3,(H,28,32)/t20-,21+/m1/s1. The van der Waals surface area contributed by atoms with Gasteiger partial charge in [0.25, 0.3) is 0 Å². The van der Waals surface area contributed by atoms with E-state index < -0.39 is 16.1 Å². The van der Waals surface area contributed by atoms with E-state index in [-0.39, 0.29) is 43.8 Å². The van der Waals surface area contributed by atoms with Crippen molar-refractivity contribution in [2.24, 2.45) is 0 Å². The van der Waals surface area contributed by atoms with Crippen molar-refractivity contribution in [2.75, 3.05) is 31.3 Å². The van der Waals surface area contributed by atoms with Crippen LogP contribution in [0.5, 0.6) is 11.5 Å². The lowest BCUT2D eigenvalue weighted by Gasteiger charge is -2.30. The highest BCUT2D eigenvalue weighted by molar-refractivity contribution is 7.92. The maximum absolute atomic E-state index is 13.4. The van der Waals surface area contributed by atoms with Gasteiger partial charge in [0.15, 0.2) is 0 Å². The number of methoxy groups -OCH3 is 2. The molecule has 0 spiro atoms. The Labute approximate surface area is 220 Å². The molecule has 2 atom stereocenters. The number of rotatable bonds is 14. The van der Waals surface area contributed by atoms with Crippen molar-refractivity contribution in [3.8, 4) is 11.5 Å². The molecule has 0 aliphatic rings. The second-order valence-electron chi connectivity index (χ2n) is 9.01. The Hall–Kier alpha value is -3.27. The quantitative estimate of drug-likeness (QED) is 0.398. The first-order chi connectivity index (χ1) is 17.5. The zero-order valence-corrected chi connectivity index (χ0v) is 23.4. The summed E-state index contributed by atoms with van der Waals surface area (Å²) in [6.45, 7) is 5.92. The number of sulfonamides is 1. The molecule has 10 heteroatoms. The minimum absolute atomic E-state index is 0.0186. The van der Waals surface area contributed by atoms with Gasteiger partial charge in [0.05, 0.1) is 26.2 Å². The van der Waals surface area contributed by atoms with Crippen LogP contribution in [0.15, 0.2) is 48.5 Å². The molecule has 204 valence electrons. The molecule has 0 saturated carbocycles. The minimum atomic E-state index is -3.59. The molecule has 0 fully saturated rings. The average molecular weight is 534 g/mol. The number of ether oxygens (including phenoxy) is 2. The van der Waals surface area contributed by atoms with Gasteiger partial charge in [-0.2, -0.15) is 0 Å². The van der Waals surface area contributed by atoms with Crippen LogP contribution in [0.4, 0.5) is 5.69 Å². The first-order valence-electron chi connectivity index (χ1n) is 12.3. The molecule has 0 saturated heterocycles. The Morgan fingerprint density at radius 1 is 1.00 bits per heavy atom. The summed E-state index contributed by atoms with van der Waals surface area (Å²) in [5.41, 5.74) is 1.29. The molecular formula is C27H39N3O6S. The molecule has 2 amide bonds. The molecular weight excluding hydrogens is 494 g/mol. The second kappa shape index (κ2) is 13.9. The van der Waals surface area contributed by atoms with Crippen molar-refractivity contribution in [1.82, 2.24) is 10.2 Å². The van der Waals surface area contributed by atoms with Gasteiger partial charge in [-0.05, 0) is 56.5 Å². The van der Waals surface area contributed by atoms with E-state index in [1.807, 2.05) is 38.1 Å². The molecule has 37 heavy (non-hydrogen) atoms. The number of anilines is 1. The Bertz CT molecular complexity index is 1150.